The number of benzene rings is 2. The van der Waals surface area contributed by atoms with Gasteiger partial charge in [-0.05, 0) is 55.2 Å². The van der Waals surface area contributed by atoms with Gasteiger partial charge in [-0.3, -0.25) is 9.69 Å². The third-order valence-electron chi connectivity index (χ3n) is 5.92. The smallest absolute Gasteiger partial charge is 0.294 e. The molecular weight excluding hydrogens is 398 g/mol. The van der Waals surface area contributed by atoms with Crippen molar-refractivity contribution in [3.05, 3.63) is 89.4 Å². The molecule has 0 aliphatic carbocycles. The van der Waals surface area contributed by atoms with Crippen LogP contribution in [0.5, 0.6) is 0 Å². The molecular formula is C25H26F2N2O2. The van der Waals surface area contributed by atoms with Gasteiger partial charge in [0.1, 0.15) is 0 Å². The Labute approximate surface area is 181 Å². The van der Waals surface area contributed by atoms with Crippen LogP contribution in [-0.2, 0) is 13.0 Å². The first-order valence-corrected chi connectivity index (χ1v) is 10.7. The maximum Gasteiger partial charge on any atom is 0.294 e. The van der Waals surface area contributed by atoms with Crippen molar-refractivity contribution in [1.29, 1.82) is 0 Å². The number of carbonyl (C=O) groups is 1. The van der Waals surface area contributed by atoms with Crippen molar-refractivity contribution >= 4 is 11.6 Å². The summed E-state index contributed by atoms with van der Waals surface area (Å²) >= 11 is 0. The highest BCUT2D eigenvalue weighted by atomic mass is 19.2. The topological polar surface area (TPSA) is 36.7 Å². The van der Waals surface area contributed by atoms with Crippen LogP contribution in [0.3, 0.4) is 0 Å². The van der Waals surface area contributed by atoms with Crippen molar-refractivity contribution < 1.29 is 18.0 Å². The minimum atomic E-state index is -0.821. The van der Waals surface area contributed by atoms with Gasteiger partial charge in [-0.1, -0.05) is 31.2 Å². The molecule has 0 N–H and O–H groups in total. The number of aryl methyl sites for hydroxylation is 1. The number of nitrogens with zero attached hydrogens (tertiary/aromatic N) is 2. The van der Waals surface area contributed by atoms with E-state index >= 15 is 0 Å². The molecule has 31 heavy (non-hydrogen) atoms. The lowest BCUT2D eigenvalue weighted by Gasteiger charge is -2.38. The lowest BCUT2D eigenvalue weighted by Crippen LogP contribution is -2.47. The Morgan fingerprint density at radius 1 is 1.06 bits per heavy atom. The molecule has 0 atom stereocenters. The Morgan fingerprint density at radius 3 is 2.45 bits per heavy atom. The SMILES string of the molecule is CCc1ccc(N(C(=O)c2ccco2)C2CCN(Cc3cccc(F)c3F)CC2)cc1. The summed E-state index contributed by atoms with van der Waals surface area (Å²) in [5.41, 5.74) is 2.41. The van der Waals surface area contributed by atoms with E-state index in [1.54, 1.807) is 18.2 Å². The molecule has 1 saturated heterocycles. The van der Waals surface area contributed by atoms with Gasteiger partial charge in [0.2, 0.25) is 0 Å². The highest BCUT2D eigenvalue weighted by Gasteiger charge is 2.31. The molecule has 1 amide bonds. The van der Waals surface area contributed by atoms with E-state index in [9.17, 15) is 13.6 Å². The average Bonchev–Trinajstić information content (AvgIpc) is 3.34. The Bertz CT molecular complexity index is 1010. The van der Waals surface area contributed by atoms with E-state index in [2.05, 4.69) is 11.8 Å². The molecule has 4 nitrogen and oxygen atoms in total. The quantitative estimate of drug-likeness (QED) is 0.529. The molecule has 0 radical (unpaired) electrons. The first kappa shape index (κ1) is 21.2. The standard InChI is InChI=1S/C25H26F2N2O2/c1-2-18-8-10-20(11-9-18)29(25(30)23-7-4-16-31-23)21-12-14-28(15-13-21)17-19-5-3-6-22(26)24(19)27/h3-11,16,21H,2,12-15,17H2,1H3. The fourth-order valence-corrected chi connectivity index (χ4v) is 4.15. The van der Waals surface area contributed by atoms with Gasteiger partial charge in [-0.25, -0.2) is 8.78 Å². The minimum Gasteiger partial charge on any atom is -0.459 e. The molecule has 2 heterocycles. The second-order valence-electron chi connectivity index (χ2n) is 7.89. The molecule has 2 aromatic carbocycles. The maximum atomic E-state index is 14.0. The van der Waals surface area contributed by atoms with Crippen molar-refractivity contribution in [2.75, 3.05) is 18.0 Å². The first-order valence-electron chi connectivity index (χ1n) is 10.7. The largest absolute Gasteiger partial charge is 0.459 e. The summed E-state index contributed by atoms with van der Waals surface area (Å²) in [6.45, 7) is 3.83. The van der Waals surface area contributed by atoms with E-state index in [-0.39, 0.29) is 11.9 Å². The second-order valence-corrected chi connectivity index (χ2v) is 7.89. The number of hydrogen-bond acceptors (Lipinski definition) is 3. The molecule has 0 saturated carbocycles. The average molecular weight is 424 g/mol. The monoisotopic (exact) mass is 424 g/mol. The minimum absolute atomic E-state index is 0.00122. The van der Waals surface area contributed by atoms with Crippen molar-refractivity contribution in [2.45, 2.75) is 38.8 Å². The number of likely N-dealkylation sites (tertiary alicyclic amines) is 1. The third kappa shape index (κ3) is 4.69. The van der Waals surface area contributed by atoms with E-state index in [0.29, 0.717) is 31.0 Å². The Balaban J connectivity index is 1.50. The maximum absolute atomic E-state index is 14.0. The van der Waals surface area contributed by atoms with E-state index in [0.717, 1.165) is 31.0 Å². The molecule has 1 aliphatic heterocycles. The van der Waals surface area contributed by atoms with Crippen LogP contribution in [0.15, 0.2) is 65.3 Å². The predicted molar refractivity (Wildman–Crippen MR) is 116 cm³/mol. The molecule has 6 heteroatoms. The van der Waals surface area contributed by atoms with Crippen LogP contribution >= 0.6 is 0 Å². The summed E-state index contributed by atoms with van der Waals surface area (Å²) in [6, 6.07) is 15.7. The molecule has 4 rings (SSSR count). The van der Waals surface area contributed by atoms with E-state index in [1.807, 2.05) is 29.2 Å². The van der Waals surface area contributed by atoms with Gasteiger partial charge in [0.05, 0.1) is 6.26 Å². The summed E-state index contributed by atoms with van der Waals surface area (Å²) < 4.78 is 32.9. The molecule has 1 fully saturated rings. The zero-order valence-corrected chi connectivity index (χ0v) is 17.6. The number of piperidine rings is 1. The van der Waals surface area contributed by atoms with E-state index in [4.69, 9.17) is 4.42 Å². The Kier molecular flexibility index (Phi) is 6.47. The number of hydrogen-bond donors (Lipinski definition) is 0. The third-order valence-corrected chi connectivity index (χ3v) is 5.92. The summed E-state index contributed by atoms with van der Waals surface area (Å²) in [6.07, 6.45) is 3.90. The summed E-state index contributed by atoms with van der Waals surface area (Å²) in [5, 5.41) is 0. The van der Waals surface area contributed by atoms with Gasteiger partial charge in [0.25, 0.3) is 5.91 Å². The number of anilines is 1. The van der Waals surface area contributed by atoms with Crippen molar-refractivity contribution in [3.63, 3.8) is 0 Å². The molecule has 0 spiro atoms. The number of carbonyl (C=O) groups excluding carboxylic acids is 1. The predicted octanol–water partition coefficient (Wildman–Crippen LogP) is 5.43. The zero-order valence-electron chi connectivity index (χ0n) is 17.6. The van der Waals surface area contributed by atoms with Gasteiger partial charge < -0.3 is 9.32 Å². The fraction of sp³-hybridized carbons (Fsp3) is 0.320. The zero-order chi connectivity index (χ0) is 21.8. The van der Waals surface area contributed by atoms with Gasteiger partial charge in [-0.15, -0.1) is 0 Å². The molecule has 0 unspecified atom stereocenters. The normalized spacial score (nSPS) is 15.2. The van der Waals surface area contributed by atoms with E-state index < -0.39 is 11.6 Å². The van der Waals surface area contributed by atoms with Crippen LogP contribution in [0.2, 0.25) is 0 Å². The fourth-order valence-electron chi connectivity index (χ4n) is 4.15. The molecule has 1 aromatic heterocycles. The van der Waals surface area contributed by atoms with Gasteiger partial charge >= 0.3 is 0 Å². The van der Waals surface area contributed by atoms with Gasteiger partial charge in [0, 0.05) is 36.9 Å². The number of rotatable bonds is 6. The van der Waals surface area contributed by atoms with Crippen LogP contribution in [0.25, 0.3) is 0 Å². The van der Waals surface area contributed by atoms with E-state index in [1.165, 1.54) is 17.9 Å². The summed E-state index contributed by atoms with van der Waals surface area (Å²) in [5.74, 6) is -1.46. The van der Waals surface area contributed by atoms with Crippen LogP contribution < -0.4 is 4.90 Å². The lowest BCUT2D eigenvalue weighted by molar-refractivity contribution is 0.0931. The van der Waals surface area contributed by atoms with Crippen LogP contribution in [0.4, 0.5) is 14.5 Å². The molecule has 1 aliphatic rings. The second kappa shape index (κ2) is 9.43. The van der Waals surface area contributed by atoms with Gasteiger partial charge in [0.15, 0.2) is 17.4 Å². The van der Waals surface area contributed by atoms with Crippen molar-refractivity contribution in [3.8, 4) is 0 Å². The van der Waals surface area contributed by atoms with Crippen molar-refractivity contribution in [1.82, 2.24) is 4.90 Å². The summed E-state index contributed by atoms with van der Waals surface area (Å²) in [4.78, 5) is 17.2. The Morgan fingerprint density at radius 2 is 1.81 bits per heavy atom. The first-order chi connectivity index (χ1) is 15.1. The number of amides is 1. The lowest BCUT2D eigenvalue weighted by atomic mass is 10.0. The van der Waals surface area contributed by atoms with Crippen LogP contribution in [0.1, 0.15) is 41.4 Å². The Hall–Kier alpha value is -2.99. The number of furan rings is 1. The summed E-state index contributed by atoms with van der Waals surface area (Å²) in [7, 11) is 0. The molecule has 0 bridgehead atoms. The van der Waals surface area contributed by atoms with Crippen LogP contribution in [-0.4, -0.2) is 29.9 Å². The molecule has 162 valence electrons. The van der Waals surface area contributed by atoms with Gasteiger partial charge in [-0.2, -0.15) is 0 Å². The number of halogens is 2. The molecule has 3 aromatic rings. The highest BCUT2D eigenvalue weighted by Crippen LogP contribution is 2.27. The van der Waals surface area contributed by atoms with Crippen LogP contribution in [0, 0.1) is 11.6 Å². The highest BCUT2D eigenvalue weighted by molar-refractivity contribution is 6.04. The van der Waals surface area contributed by atoms with Crippen molar-refractivity contribution in [2.24, 2.45) is 0 Å².